The predicted molar refractivity (Wildman–Crippen MR) is 72.4 cm³/mol. The van der Waals surface area contributed by atoms with Gasteiger partial charge in [-0.05, 0) is 18.6 Å². The summed E-state index contributed by atoms with van der Waals surface area (Å²) in [6.07, 6.45) is -0.0656. The van der Waals surface area contributed by atoms with Crippen molar-refractivity contribution < 1.29 is 28.7 Å². The number of benzene rings is 1. The molecule has 8 heteroatoms. The largest absolute Gasteiger partial charge is 0.514 e. The first-order valence-electron chi connectivity index (χ1n) is 6.99. The normalized spacial score (nSPS) is 27.0. The zero-order valence-electron chi connectivity index (χ0n) is 11.7. The minimum atomic E-state index is -0.827. The molecule has 3 rings (SSSR count). The first-order chi connectivity index (χ1) is 10.6. The minimum absolute atomic E-state index is 0.0261. The van der Waals surface area contributed by atoms with Gasteiger partial charge in [-0.25, -0.2) is 4.79 Å². The van der Waals surface area contributed by atoms with Crippen LogP contribution in [-0.2, 0) is 14.2 Å². The van der Waals surface area contributed by atoms with Crippen molar-refractivity contribution in [1.82, 2.24) is 0 Å². The van der Waals surface area contributed by atoms with E-state index in [4.69, 9.17) is 18.9 Å². The number of nitro benzene ring substituents is 1. The summed E-state index contributed by atoms with van der Waals surface area (Å²) in [5.41, 5.74) is -0.0731. The molecule has 2 aliphatic heterocycles. The molecule has 0 aromatic heterocycles. The Balaban J connectivity index is 1.56. The number of rotatable bonds is 3. The number of fused-ring (bicyclic) bond motifs is 1. The Morgan fingerprint density at radius 1 is 1.18 bits per heavy atom. The van der Waals surface area contributed by atoms with Crippen LogP contribution in [0.1, 0.15) is 12.8 Å². The molecule has 0 radical (unpaired) electrons. The predicted octanol–water partition coefficient (Wildman–Crippen LogP) is 2.26. The van der Waals surface area contributed by atoms with E-state index in [1.54, 1.807) is 0 Å². The molecule has 118 valence electrons. The van der Waals surface area contributed by atoms with Crippen LogP contribution in [0.5, 0.6) is 5.75 Å². The molecule has 2 aliphatic rings. The molecule has 0 saturated carbocycles. The van der Waals surface area contributed by atoms with Crippen LogP contribution in [0.2, 0.25) is 0 Å². The monoisotopic (exact) mass is 309 g/mol. The second kappa shape index (κ2) is 6.29. The number of nitrogens with zero attached hydrogens (tertiary/aromatic N) is 1. The maximum atomic E-state index is 11.8. The lowest BCUT2D eigenvalue weighted by atomic mass is 9.96. The summed E-state index contributed by atoms with van der Waals surface area (Å²) in [5.74, 6) is 0.222. The van der Waals surface area contributed by atoms with Crippen LogP contribution in [0.25, 0.3) is 0 Å². The average molecular weight is 309 g/mol. The van der Waals surface area contributed by atoms with Gasteiger partial charge in [-0.2, -0.15) is 0 Å². The summed E-state index contributed by atoms with van der Waals surface area (Å²) >= 11 is 0. The molecule has 2 fully saturated rings. The number of carbonyl (C=O) groups excluding carboxylic acids is 1. The standard InChI is InChI=1S/C14H15NO7/c16-14(21-10-3-1-9(2-4-10)15(17)18)22-12-6-8-20-13-11(12)5-7-19-13/h1-4,11-13H,5-8H2. The highest BCUT2D eigenvalue weighted by molar-refractivity contribution is 5.64. The molecule has 0 aliphatic carbocycles. The Bertz CT molecular complexity index is 559. The Hall–Kier alpha value is -2.19. The summed E-state index contributed by atoms with van der Waals surface area (Å²) < 4.78 is 21.2. The molecule has 0 bridgehead atoms. The number of hydrogen-bond donors (Lipinski definition) is 0. The lowest BCUT2D eigenvalue weighted by Gasteiger charge is -2.31. The van der Waals surface area contributed by atoms with E-state index in [0.717, 1.165) is 6.42 Å². The quantitative estimate of drug-likeness (QED) is 0.365. The fourth-order valence-electron chi connectivity index (χ4n) is 2.65. The number of carbonyl (C=O) groups is 1. The highest BCUT2D eigenvalue weighted by Gasteiger charge is 2.41. The highest BCUT2D eigenvalue weighted by atomic mass is 16.7. The van der Waals surface area contributed by atoms with Gasteiger partial charge < -0.3 is 18.9 Å². The van der Waals surface area contributed by atoms with Crippen molar-refractivity contribution in [2.45, 2.75) is 25.2 Å². The molecular weight excluding hydrogens is 294 g/mol. The minimum Gasteiger partial charge on any atom is -0.430 e. The zero-order valence-corrected chi connectivity index (χ0v) is 11.7. The van der Waals surface area contributed by atoms with E-state index in [2.05, 4.69) is 0 Å². The summed E-state index contributed by atoms with van der Waals surface area (Å²) in [4.78, 5) is 21.9. The molecule has 1 aromatic carbocycles. The number of nitro groups is 1. The molecular formula is C14H15NO7. The van der Waals surface area contributed by atoms with Crippen LogP contribution in [-0.4, -0.2) is 36.7 Å². The van der Waals surface area contributed by atoms with Crippen LogP contribution in [0.4, 0.5) is 10.5 Å². The number of non-ortho nitro benzene ring substituents is 1. The molecule has 3 atom stereocenters. The van der Waals surface area contributed by atoms with Gasteiger partial charge in [-0.1, -0.05) is 0 Å². The molecule has 0 N–H and O–H groups in total. The van der Waals surface area contributed by atoms with Gasteiger partial charge in [0.25, 0.3) is 5.69 Å². The van der Waals surface area contributed by atoms with E-state index in [-0.39, 0.29) is 29.7 Å². The zero-order chi connectivity index (χ0) is 15.5. The van der Waals surface area contributed by atoms with Crippen LogP contribution >= 0.6 is 0 Å². The van der Waals surface area contributed by atoms with Crippen LogP contribution in [0.15, 0.2) is 24.3 Å². The van der Waals surface area contributed by atoms with Crippen molar-refractivity contribution >= 4 is 11.8 Å². The first-order valence-corrected chi connectivity index (χ1v) is 6.99. The molecule has 2 saturated heterocycles. The van der Waals surface area contributed by atoms with Crippen molar-refractivity contribution in [3.8, 4) is 5.75 Å². The lowest BCUT2D eigenvalue weighted by molar-refractivity contribution is -0.384. The van der Waals surface area contributed by atoms with E-state index in [9.17, 15) is 14.9 Å². The van der Waals surface area contributed by atoms with E-state index in [1.807, 2.05) is 0 Å². The Morgan fingerprint density at radius 2 is 1.86 bits per heavy atom. The van der Waals surface area contributed by atoms with Gasteiger partial charge in [0.2, 0.25) is 0 Å². The summed E-state index contributed by atoms with van der Waals surface area (Å²) in [5, 5.41) is 10.6. The first kappa shape index (κ1) is 14.7. The third kappa shape index (κ3) is 3.18. The second-order valence-corrected chi connectivity index (χ2v) is 5.11. The molecule has 3 unspecified atom stereocenters. The Kier molecular flexibility index (Phi) is 4.21. The van der Waals surface area contributed by atoms with Gasteiger partial charge in [0.1, 0.15) is 11.9 Å². The van der Waals surface area contributed by atoms with E-state index < -0.39 is 11.1 Å². The van der Waals surface area contributed by atoms with E-state index in [1.165, 1.54) is 24.3 Å². The summed E-state index contributed by atoms with van der Waals surface area (Å²) in [7, 11) is 0. The second-order valence-electron chi connectivity index (χ2n) is 5.11. The average Bonchev–Trinajstić information content (AvgIpc) is 2.97. The van der Waals surface area contributed by atoms with Gasteiger partial charge in [0, 0.05) is 24.5 Å². The van der Waals surface area contributed by atoms with Gasteiger partial charge >= 0.3 is 6.16 Å². The smallest absolute Gasteiger partial charge is 0.430 e. The molecule has 0 spiro atoms. The fraction of sp³-hybridized carbons (Fsp3) is 0.500. The third-order valence-electron chi connectivity index (χ3n) is 3.74. The van der Waals surface area contributed by atoms with Gasteiger partial charge in [-0.3, -0.25) is 10.1 Å². The maximum Gasteiger partial charge on any atom is 0.514 e. The SMILES string of the molecule is O=C(Oc1ccc([N+](=O)[O-])cc1)OC1CCOC2OCCC12. The number of ether oxygens (including phenoxy) is 4. The highest BCUT2D eigenvalue weighted by Crippen LogP contribution is 2.32. The lowest BCUT2D eigenvalue weighted by Crippen LogP contribution is -2.40. The van der Waals surface area contributed by atoms with Crippen molar-refractivity contribution in [1.29, 1.82) is 0 Å². The van der Waals surface area contributed by atoms with Gasteiger partial charge in [0.15, 0.2) is 6.29 Å². The van der Waals surface area contributed by atoms with Crippen molar-refractivity contribution in [2.24, 2.45) is 5.92 Å². The van der Waals surface area contributed by atoms with Gasteiger partial charge in [0.05, 0.1) is 18.1 Å². The topological polar surface area (TPSA) is 97.1 Å². The summed E-state index contributed by atoms with van der Waals surface area (Å²) in [6.45, 7) is 1.06. The maximum absolute atomic E-state index is 11.8. The van der Waals surface area contributed by atoms with E-state index >= 15 is 0 Å². The van der Waals surface area contributed by atoms with Crippen LogP contribution in [0.3, 0.4) is 0 Å². The van der Waals surface area contributed by atoms with Crippen molar-refractivity contribution in [3.05, 3.63) is 34.4 Å². The van der Waals surface area contributed by atoms with Crippen LogP contribution in [0, 0.1) is 16.0 Å². The Morgan fingerprint density at radius 3 is 2.55 bits per heavy atom. The third-order valence-corrected chi connectivity index (χ3v) is 3.74. The molecule has 22 heavy (non-hydrogen) atoms. The van der Waals surface area contributed by atoms with Gasteiger partial charge in [-0.15, -0.1) is 0 Å². The molecule has 0 amide bonds. The van der Waals surface area contributed by atoms with Crippen molar-refractivity contribution in [3.63, 3.8) is 0 Å². The molecule has 8 nitrogen and oxygen atoms in total. The summed E-state index contributed by atoms with van der Waals surface area (Å²) in [6, 6.07) is 5.23. The molecule has 2 heterocycles. The van der Waals surface area contributed by atoms with E-state index in [0.29, 0.717) is 19.6 Å². The fourth-order valence-corrected chi connectivity index (χ4v) is 2.65. The van der Waals surface area contributed by atoms with Crippen molar-refractivity contribution in [2.75, 3.05) is 13.2 Å². The number of hydrogen-bond acceptors (Lipinski definition) is 7. The Labute approximate surface area is 126 Å². The van der Waals surface area contributed by atoms with Crippen LogP contribution < -0.4 is 4.74 Å². The molecule has 1 aromatic rings.